The number of hydrogen-bond acceptors (Lipinski definition) is 4. The molecule has 3 aromatic heterocycles. The van der Waals surface area contributed by atoms with E-state index in [4.69, 9.17) is 14.4 Å². The molecule has 4 nitrogen and oxygen atoms in total. The Bertz CT molecular complexity index is 2810. The molecule has 4 heteroatoms. The van der Waals surface area contributed by atoms with E-state index >= 15 is 0 Å². The lowest BCUT2D eigenvalue weighted by atomic mass is 9.81. The lowest BCUT2D eigenvalue weighted by molar-refractivity contribution is 0.660. The maximum Gasteiger partial charge on any atom is 0.161 e. The molecule has 0 aliphatic heterocycles. The molecule has 0 saturated heterocycles. The maximum atomic E-state index is 6.16. The van der Waals surface area contributed by atoms with Crippen LogP contribution in [0.1, 0.15) is 25.0 Å². The Kier molecular flexibility index (Phi) is 6.80. The van der Waals surface area contributed by atoms with Gasteiger partial charge in [0.15, 0.2) is 5.82 Å². The number of para-hydroxylation sites is 1. The third-order valence-corrected chi connectivity index (χ3v) is 10.6. The average molecular weight is 668 g/mol. The van der Waals surface area contributed by atoms with Crippen molar-refractivity contribution < 1.29 is 4.42 Å². The average Bonchev–Trinajstić information content (AvgIpc) is 3.69. The predicted octanol–water partition coefficient (Wildman–Crippen LogP) is 12.4. The zero-order chi connectivity index (χ0) is 34.8. The molecule has 0 radical (unpaired) electrons. The van der Waals surface area contributed by atoms with Gasteiger partial charge in [0.2, 0.25) is 0 Å². The fourth-order valence-corrected chi connectivity index (χ4v) is 7.92. The second kappa shape index (κ2) is 11.7. The quantitative estimate of drug-likeness (QED) is 0.183. The van der Waals surface area contributed by atoms with Gasteiger partial charge in [-0.25, -0.2) is 9.97 Å². The first-order valence-corrected chi connectivity index (χ1v) is 17.7. The molecule has 0 spiro atoms. The summed E-state index contributed by atoms with van der Waals surface area (Å²) >= 11 is 0. The monoisotopic (exact) mass is 667 g/mol. The summed E-state index contributed by atoms with van der Waals surface area (Å²) in [5.74, 6) is 0.661. The fourth-order valence-electron chi connectivity index (χ4n) is 7.92. The molecule has 9 aromatic rings. The molecule has 0 fully saturated rings. The molecule has 0 unspecified atom stereocenters. The molecular formula is C48H33N3O. The molecule has 6 aromatic carbocycles. The molecule has 246 valence electrons. The number of nitrogens with zero attached hydrogens (tertiary/aromatic N) is 3. The van der Waals surface area contributed by atoms with E-state index in [1.807, 2.05) is 48.7 Å². The summed E-state index contributed by atoms with van der Waals surface area (Å²) in [5.41, 5.74) is 16.2. The summed E-state index contributed by atoms with van der Waals surface area (Å²) in [6.07, 6.45) is 3.68. The van der Waals surface area contributed by atoms with E-state index in [0.29, 0.717) is 5.82 Å². The Hall–Kier alpha value is -6.65. The van der Waals surface area contributed by atoms with Crippen molar-refractivity contribution in [3.05, 3.63) is 175 Å². The minimum atomic E-state index is -0.0481. The number of fused-ring (bicyclic) bond motifs is 6. The smallest absolute Gasteiger partial charge is 0.161 e. The molecule has 0 amide bonds. The van der Waals surface area contributed by atoms with Gasteiger partial charge < -0.3 is 4.42 Å². The van der Waals surface area contributed by atoms with Gasteiger partial charge in [0.1, 0.15) is 11.2 Å². The second-order valence-corrected chi connectivity index (χ2v) is 14.1. The number of furan rings is 1. The molecule has 0 bridgehead atoms. The van der Waals surface area contributed by atoms with Gasteiger partial charge in [0.05, 0.1) is 11.4 Å². The molecule has 0 N–H and O–H groups in total. The van der Waals surface area contributed by atoms with Gasteiger partial charge in [-0.1, -0.05) is 123 Å². The first-order chi connectivity index (χ1) is 25.5. The number of rotatable bonds is 5. The third kappa shape index (κ3) is 4.87. The van der Waals surface area contributed by atoms with E-state index in [-0.39, 0.29) is 5.41 Å². The molecule has 52 heavy (non-hydrogen) atoms. The van der Waals surface area contributed by atoms with Crippen LogP contribution in [0.4, 0.5) is 0 Å². The van der Waals surface area contributed by atoms with Gasteiger partial charge in [0.25, 0.3) is 0 Å². The van der Waals surface area contributed by atoms with Crippen LogP contribution in [0.25, 0.3) is 89.2 Å². The van der Waals surface area contributed by atoms with Crippen LogP contribution in [0.5, 0.6) is 0 Å². The molecule has 1 aliphatic rings. The van der Waals surface area contributed by atoms with Crippen LogP contribution in [0.2, 0.25) is 0 Å². The van der Waals surface area contributed by atoms with Gasteiger partial charge in [-0.3, -0.25) is 4.98 Å². The first-order valence-electron chi connectivity index (χ1n) is 17.7. The van der Waals surface area contributed by atoms with Crippen molar-refractivity contribution in [1.29, 1.82) is 0 Å². The zero-order valence-corrected chi connectivity index (χ0v) is 28.8. The van der Waals surface area contributed by atoms with Gasteiger partial charge >= 0.3 is 0 Å². The maximum absolute atomic E-state index is 6.16. The number of hydrogen-bond donors (Lipinski definition) is 0. The molecule has 0 atom stereocenters. The van der Waals surface area contributed by atoms with Crippen molar-refractivity contribution in [2.45, 2.75) is 19.3 Å². The van der Waals surface area contributed by atoms with Crippen molar-refractivity contribution in [2.75, 3.05) is 0 Å². The minimum absolute atomic E-state index is 0.0481. The summed E-state index contributed by atoms with van der Waals surface area (Å²) in [6, 6.07) is 53.4. The van der Waals surface area contributed by atoms with Gasteiger partial charge in [-0.05, 0) is 81.4 Å². The van der Waals surface area contributed by atoms with Crippen LogP contribution in [-0.2, 0) is 5.41 Å². The Balaban J connectivity index is 1.09. The Morgan fingerprint density at radius 2 is 1.10 bits per heavy atom. The number of pyridine rings is 1. The Morgan fingerprint density at radius 1 is 0.442 bits per heavy atom. The van der Waals surface area contributed by atoms with Crippen molar-refractivity contribution in [2.24, 2.45) is 0 Å². The van der Waals surface area contributed by atoms with Crippen LogP contribution in [0.15, 0.2) is 168 Å². The van der Waals surface area contributed by atoms with E-state index in [1.165, 1.54) is 33.4 Å². The van der Waals surface area contributed by atoms with E-state index in [2.05, 4.69) is 128 Å². The lowest BCUT2D eigenvalue weighted by Crippen LogP contribution is -2.14. The minimum Gasteiger partial charge on any atom is -0.456 e. The largest absolute Gasteiger partial charge is 0.456 e. The van der Waals surface area contributed by atoms with E-state index < -0.39 is 0 Å². The third-order valence-electron chi connectivity index (χ3n) is 10.6. The zero-order valence-electron chi connectivity index (χ0n) is 28.8. The molecule has 3 heterocycles. The Morgan fingerprint density at radius 3 is 1.92 bits per heavy atom. The fraction of sp³-hybridized carbons (Fsp3) is 0.0625. The predicted molar refractivity (Wildman–Crippen MR) is 212 cm³/mol. The highest BCUT2D eigenvalue weighted by Crippen LogP contribution is 2.49. The van der Waals surface area contributed by atoms with Crippen LogP contribution < -0.4 is 0 Å². The van der Waals surface area contributed by atoms with Crippen molar-refractivity contribution in [1.82, 2.24) is 15.0 Å². The lowest BCUT2D eigenvalue weighted by Gasteiger charge is -2.22. The van der Waals surface area contributed by atoms with E-state index in [0.717, 1.165) is 61.1 Å². The number of aromatic nitrogens is 3. The SMILES string of the molecule is CC1(C)c2ccccc2-c2ccc(-c3ccc(-c4cc(-c5ccc6oc7ccccc7c6c5)nc(-c5ccccc5-c5cccnc5)n4)cc3)cc21. The highest BCUT2D eigenvalue weighted by molar-refractivity contribution is 6.06. The summed E-state index contributed by atoms with van der Waals surface area (Å²) < 4.78 is 6.16. The topological polar surface area (TPSA) is 51.8 Å². The summed E-state index contributed by atoms with van der Waals surface area (Å²) in [7, 11) is 0. The first kappa shape index (κ1) is 30.2. The van der Waals surface area contributed by atoms with Crippen LogP contribution in [0, 0.1) is 0 Å². The molecule has 10 rings (SSSR count). The van der Waals surface area contributed by atoms with E-state index in [1.54, 1.807) is 6.20 Å². The molecule has 0 saturated carbocycles. The standard InChI is InChI=1S/C48H33N3O/c1-48(2)41-15-7-5-12-36(41)37-23-21-32(27-42(37)48)30-17-19-31(20-18-30)43-28-44(33-22-24-46-40(26-33)38-13-6-8-16-45(38)52-46)51-47(50-43)39-14-4-3-11-35(39)34-10-9-25-49-29-34/h3-29H,1-2H3. The van der Waals surface area contributed by atoms with Gasteiger partial charge in [-0.2, -0.15) is 0 Å². The van der Waals surface area contributed by atoms with Gasteiger partial charge in [0, 0.05) is 50.8 Å². The molecular weight excluding hydrogens is 635 g/mol. The summed E-state index contributed by atoms with van der Waals surface area (Å²) in [6.45, 7) is 4.65. The van der Waals surface area contributed by atoms with Crippen LogP contribution >= 0.6 is 0 Å². The van der Waals surface area contributed by atoms with Crippen molar-refractivity contribution in [3.63, 3.8) is 0 Å². The number of benzene rings is 6. The van der Waals surface area contributed by atoms with Crippen molar-refractivity contribution >= 4 is 21.9 Å². The van der Waals surface area contributed by atoms with Crippen LogP contribution in [0.3, 0.4) is 0 Å². The highest BCUT2D eigenvalue weighted by atomic mass is 16.3. The summed E-state index contributed by atoms with van der Waals surface area (Å²) in [5, 5.41) is 2.15. The van der Waals surface area contributed by atoms with E-state index in [9.17, 15) is 0 Å². The molecule has 1 aliphatic carbocycles. The Labute approximate surface area is 302 Å². The second-order valence-electron chi connectivity index (χ2n) is 14.1. The summed E-state index contributed by atoms with van der Waals surface area (Å²) in [4.78, 5) is 14.8. The van der Waals surface area contributed by atoms with Gasteiger partial charge in [-0.15, -0.1) is 0 Å². The highest BCUT2D eigenvalue weighted by Gasteiger charge is 2.35. The normalized spacial score (nSPS) is 13.0. The van der Waals surface area contributed by atoms with Crippen molar-refractivity contribution in [3.8, 4) is 67.3 Å². The van der Waals surface area contributed by atoms with Crippen LogP contribution in [-0.4, -0.2) is 15.0 Å².